The molecular weight excluding hydrogens is 530 g/mol. The number of aryl methyl sites for hydroxylation is 1. The lowest BCUT2D eigenvalue weighted by atomic mass is 9.99. The highest BCUT2D eigenvalue weighted by Crippen LogP contribution is 2.30. The molecule has 1 amide bonds. The van der Waals surface area contributed by atoms with E-state index in [1.54, 1.807) is 18.2 Å². The van der Waals surface area contributed by atoms with Crippen LogP contribution >= 0.6 is 0 Å². The summed E-state index contributed by atoms with van der Waals surface area (Å²) in [4.78, 5) is 25.7. The van der Waals surface area contributed by atoms with Gasteiger partial charge in [-0.2, -0.15) is 0 Å². The van der Waals surface area contributed by atoms with Gasteiger partial charge < -0.3 is 25.2 Å². The number of rotatable bonds is 13. The summed E-state index contributed by atoms with van der Waals surface area (Å²) in [6, 6.07) is 15.3. The van der Waals surface area contributed by atoms with Gasteiger partial charge in [-0.15, -0.1) is 0 Å². The molecule has 0 saturated heterocycles. The van der Waals surface area contributed by atoms with E-state index < -0.39 is 29.7 Å². The normalized spacial score (nSPS) is 14.1. The van der Waals surface area contributed by atoms with E-state index in [1.807, 2.05) is 18.2 Å². The molecule has 7 nitrogen and oxygen atoms in total. The van der Waals surface area contributed by atoms with Gasteiger partial charge in [0.15, 0.2) is 17.3 Å². The van der Waals surface area contributed by atoms with Gasteiger partial charge in [-0.25, -0.2) is 8.78 Å². The highest BCUT2D eigenvalue weighted by atomic mass is 19.1. The second-order valence-corrected chi connectivity index (χ2v) is 10.2. The van der Waals surface area contributed by atoms with E-state index >= 15 is 0 Å². The monoisotopic (exact) mass is 566 g/mol. The van der Waals surface area contributed by atoms with Crippen LogP contribution in [0.5, 0.6) is 11.5 Å². The molecule has 1 heterocycles. The summed E-state index contributed by atoms with van der Waals surface area (Å²) in [6.07, 6.45) is 0.420. The predicted molar refractivity (Wildman–Crippen MR) is 151 cm³/mol. The first-order valence-electron chi connectivity index (χ1n) is 13.9. The fraction of sp³-hybridized carbons (Fsp3) is 0.375. The molecule has 1 aliphatic rings. The Morgan fingerprint density at radius 3 is 2.39 bits per heavy atom. The lowest BCUT2D eigenvalue weighted by molar-refractivity contribution is -0.122. The Morgan fingerprint density at radius 1 is 0.902 bits per heavy atom. The van der Waals surface area contributed by atoms with Crippen LogP contribution in [0.2, 0.25) is 0 Å². The number of aliphatic hydroxyl groups is 1. The first-order valence-corrected chi connectivity index (χ1v) is 13.9. The largest absolute Gasteiger partial charge is 0.490 e. The van der Waals surface area contributed by atoms with Gasteiger partial charge in [-0.05, 0) is 59.9 Å². The zero-order chi connectivity index (χ0) is 29.2. The minimum Gasteiger partial charge on any atom is -0.490 e. The van der Waals surface area contributed by atoms with E-state index in [2.05, 4.69) is 23.6 Å². The molecule has 3 aromatic carbocycles. The molecule has 218 valence electrons. The van der Waals surface area contributed by atoms with Crippen molar-refractivity contribution in [2.45, 2.75) is 57.7 Å². The third-order valence-electron chi connectivity index (χ3n) is 6.92. The van der Waals surface area contributed by atoms with Crippen LogP contribution in [0.15, 0.2) is 60.7 Å². The number of carbonyl (C=O) groups excluding carboxylic acids is 2. The Morgan fingerprint density at radius 2 is 1.63 bits per heavy atom. The van der Waals surface area contributed by atoms with Gasteiger partial charge in [-0.1, -0.05) is 31.2 Å². The fourth-order valence-corrected chi connectivity index (χ4v) is 4.72. The standard InChI is InChI=1S/C32H36F2N2O5/c1-2-21-5-3-6-22(13-21)19-35-20-29(38)27(16-23-14-25(33)18-26(34)15-23)36-32(39)10-8-28(37)24-7-9-30-31(17-24)41-12-4-11-40-30/h3,5-7,9,13-15,17-18,27,29,35,38H,2,4,8,10-12,16,19-20H2,1H3,(H,36,39). The first kappa shape index (κ1) is 30.1. The molecule has 3 aromatic rings. The van der Waals surface area contributed by atoms with E-state index in [-0.39, 0.29) is 31.6 Å². The molecule has 2 unspecified atom stereocenters. The summed E-state index contributed by atoms with van der Waals surface area (Å²) in [6.45, 7) is 3.74. The molecule has 4 rings (SSSR count). The van der Waals surface area contributed by atoms with E-state index in [1.165, 1.54) is 17.7 Å². The fourth-order valence-electron chi connectivity index (χ4n) is 4.72. The predicted octanol–water partition coefficient (Wildman–Crippen LogP) is 4.53. The van der Waals surface area contributed by atoms with Crippen molar-refractivity contribution in [2.24, 2.45) is 0 Å². The molecule has 0 saturated carbocycles. The Labute approximate surface area is 238 Å². The number of ether oxygens (including phenoxy) is 2. The van der Waals surface area contributed by atoms with Crippen molar-refractivity contribution in [1.82, 2.24) is 10.6 Å². The molecule has 3 N–H and O–H groups in total. The quantitative estimate of drug-likeness (QED) is 0.263. The van der Waals surface area contributed by atoms with Gasteiger partial charge in [0, 0.05) is 44.0 Å². The van der Waals surface area contributed by atoms with Crippen molar-refractivity contribution in [3.05, 3.63) is 94.6 Å². The van der Waals surface area contributed by atoms with Crippen LogP contribution in [0.3, 0.4) is 0 Å². The summed E-state index contributed by atoms with van der Waals surface area (Å²) >= 11 is 0. The summed E-state index contributed by atoms with van der Waals surface area (Å²) in [7, 11) is 0. The summed E-state index contributed by atoms with van der Waals surface area (Å²) in [5, 5.41) is 16.9. The molecular formula is C32H36F2N2O5. The third-order valence-corrected chi connectivity index (χ3v) is 6.92. The molecule has 41 heavy (non-hydrogen) atoms. The van der Waals surface area contributed by atoms with E-state index in [0.717, 1.165) is 24.5 Å². The summed E-state index contributed by atoms with van der Waals surface area (Å²) in [5.74, 6) is -1.10. The van der Waals surface area contributed by atoms with Gasteiger partial charge in [0.25, 0.3) is 0 Å². The van der Waals surface area contributed by atoms with Crippen LogP contribution in [-0.2, 0) is 24.2 Å². The number of carbonyl (C=O) groups is 2. The SMILES string of the molecule is CCc1cccc(CNCC(O)C(Cc2cc(F)cc(F)c2)NC(=O)CCC(=O)c2ccc3c(c2)OCCCO3)c1. The van der Waals surface area contributed by atoms with Gasteiger partial charge in [-0.3, -0.25) is 9.59 Å². The number of hydrogen-bond donors (Lipinski definition) is 3. The Kier molecular flexibility index (Phi) is 10.8. The van der Waals surface area contributed by atoms with Crippen molar-refractivity contribution in [1.29, 1.82) is 0 Å². The topological polar surface area (TPSA) is 96.9 Å². The molecule has 9 heteroatoms. The molecule has 2 atom stereocenters. The van der Waals surface area contributed by atoms with Gasteiger partial charge in [0.2, 0.25) is 5.91 Å². The maximum absolute atomic E-state index is 13.8. The van der Waals surface area contributed by atoms with Crippen LogP contribution in [-0.4, -0.2) is 48.7 Å². The number of aliphatic hydroxyl groups excluding tert-OH is 1. The number of fused-ring (bicyclic) bond motifs is 1. The molecule has 0 fully saturated rings. The van der Waals surface area contributed by atoms with Gasteiger partial charge in [0.1, 0.15) is 11.6 Å². The van der Waals surface area contributed by atoms with Crippen molar-refractivity contribution in [2.75, 3.05) is 19.8 Å². The lowest BCUT2D eigenvalue weighted by Crippen LogP contribution is -2.48. The minimum atomic E-state index is -1.06. The highest BCUT2D eigenvalue weighted by molar-refractivity contribution is 5.98. The number of nitrogens with one attached hydrogen (secondary N) is 2. The average Bonchev–Trinajstić information content (AvgIpc) is 3.20. The maximum atomic E-state index is 13.8. The Bertz CT molecular complexity index is 1330. The number of halogens is 2. The number of benzene rings is 3. The highest BCUT2D eigenvalue weighted by Gasteiger charge is 2.23. The number of hydrogen-bond acceptors (Lipinski definition) is 6. The van der Waals surface area contributed by atoms with Crippen molar-refractivity contribution < 1.29 is 33.0 Å². The molecule has 1 aliphatic heterocycles. The molecule has 0 radical (unpaired) electrons. The second-order valence-electron chi connectivity index (χ2n) is 10.2. The van der Waals surface area contributed by atoms with Crippen LogP contribution in [0.4, 0.5) is 8.78 Å². The maximum Gasteiger partial charge on any atom is 0.220 e. The van der Waals surface area contributed by atoms with E-state index in [0.29, 0.717) is 42.4 Å². The van der Waals surface area contributed by atoms with Crippen LogP contribution < -0.4 is 20.1 Å². The van der Waals surface area contributed by atoms with E-state index in [4.69, 9.17) is 9.47 Å². The van der Waals surface area contributed by atoms with E-state index in [9.17, 15) is 23.5 Å². The smallest absolute Gasteiger partial charge is 0.220 e. The third kappa shape index (κ3) is 9.09. The second kappa shape index (κ2) is 14.7. The number of ketones is 1. The molecule has 0 aliphatic carbocycles. The van der Waals surface area contributed by atoms with Crippen LogP contribution in [0.1, 0.15) is 53.2 Å². The van der Waals surface area contributed by atoms with Crippen LogP contribution in [0, 0.1) is 11.6 Å². The zero-order valence-corrected chi connectivity index (χ0v) is 23.1. The van der Waals surface area contributed by atoms with Gasteiger partial charge >= 0.3 is 0 Å². The molecule has 0 bridgehead atoms. The zero-order valence-electron chi connectivity index (χ0n) is 23.1. The van der Waals surface area contributed by atoms with Crippen molar-refractivity contribution in [3.8, 4) is 11.5 Å². The number of amides is 1. The molecule has 0 spiro atoms. The minimum absolute atomic E-state index is 0.00466. The van der Waals surface area contributed by atoms with Crippen LogP contribution in [0.25, 0.3) is 0 Å². The van der Waals surface area contributed by atoms with Crippen molar-refractivity contribution >= 4 is 11.7 Å². The number of Topliss-reactive ketones (excluding diaryl/α,β-unsaturated/α-hetero) is 1. The average molecular weight is 567 g/mol. The van der Waals surface area contributed by atoms with Gasteiger partial charge in [0.05, 0.1) is 25.4 Å². The summed E-state index contributed by atoms with van der Waals surface area (Å²) < 4.78 is 38.9. The molecule has 0 aromatic heterocycles. The summed E-state index contributed by atoms with van der Waals surface area (Å²) in [5.41, 5.74) is 2.96. The first-order chi connectivity index (χ1) is 19.8. The Balaban J connectivity index is 1.36. The Hall–Kier alpha value is -3.82. The van der Waals surface area contributed by atoms with Crippen molar-refractivity contribution in [3.63, 3.8) is 0 Å². The lowest BCUT2D eigenvalue weighted by Gasteiger charge is -2.25.